The number of ketones is 1. The standard InChI is InChI=1S/C26H32F2N6O3S/c1-32(2)8-4-9-33(3)19-5-6-21(23(29)14-19)26(35)15-25-22-16-34(10-7-24(22)30-31-25)38(36,37)20-12-17(27)11-18(28)13-20/h5-6,11-14H,4,7-10,15-16,29H2,1-3H3,(H,30,31). The van der Waals surface area contributed by atoms with E-state index >= 15 is 0 Å². The first-order valence-corrected chi connectivity index (χ1v) is 13.7. The first kappa shape index (κ1) is 27.7. The third-order valence-corrected chi connectivity index (χ3v) is 8.48. The molecule has 2 aromatic carbocycles. The van der Waals surface area contributed by atoms with Crippen LogP contribution in [0.1, 0.15) is 33.7 Å². The Morgan fingerprint density at radius 3 is 2.47 bits per heavy atom. The number of benzene rings is 2. The molecule has 0 bridgehead atoms. The molecule has 0 saturated carbocycles. The van der Waals surface area contributed by atoms with Gasteiger partial charge in [0, 0.05) is 67.4 Å². The minimum absolute atomic E-state index is 0.0684. The lowest BCUT2D eigenvalue weighted by atomic mass is 9.99. The van der Waals surface area contributed by atoms with Gasteiger partial charge in [-0.1, -0.05) is 0 Å². The Labute approximate surface area is 221 Å². The van der Waals surface area contributed by atoms with Crippen LogP contribution in [0.15, 0.2) is 41.3 Å². The van der Waals surface area contributed by atoms with Gasteiger partial charge >= 0.3 is 0 Å². The Morgan fingerprint density at radius 2 is 1.82 bits per heavy atom. The summed E-state index contributed by atoms with van der Waals surface area (Å²) in [7, 11) is 1.86. The topological polar surface area (TPSA) is 116 Å². The zero-order valence-corrected chi connectivity index (χ0v) is 22.5. The lowest BCUT2D eigenvalue weighted by Crippen LogP contribution is -2.36. The maximum Gasteiger partial charge on any atom is 0.243 e. The van der Waals surface area contributed by atoms with Crippen LogP contribution in [-0.2, 0) is 29.4 Å². The lowest BCUT2D eigenvalue weighted by molar-refractivity contribution is 0.0992. The molecule has 9 nitrogen and oxygen atoms in total. The zero-order chi connectivity index (χ0) is 27.6. The highest BCUT2D eigenvalue weighted by Crippen LogP contribution is 2.28. The van der Waals surface area contributed by atoms with E-state index in [-0.39, 0.29) is 25.3 Å². The molecule has 38 heavy (non-hydrogen) atoms. The van der Waals surface area contributed by atoms with Crippen molar-refractivity contribution >= 4 is 27.2 Å². The fourth-order valence-electron chi connectivity index (χ4n) is 4.55. The molecule has 3 aromatic rings. The summed E-state index contributed by atoms with van der Waals surface area (Å²) in [6.07, 6.45) is 1.23. The predicted molar refractivity (Wildman–Crippen MR) is 142 cm³/mol. The number of anilines is 2. The monoisotopic (exact) mass is 546 g/mol. The SMILES string of the molecule is CN(C)CCCN(C)c1ccc(C(=O)Cc2n[nH]c3c2CN(S(=O)(=O)c2cc(F)cc(F)c2)CC3)c(N)c1. The number of rotatable bonds is 10. The van der Waals surface area contributed by atoms with E-state index in [4.69, 9.17) is 5.73 Å². The molecule has 0 aliphatic carbocycles. The second-order valence-corrected chi connectivity index (χ2v) is 11.7. The van der Waals surface area contributed by atoms with Crippen molar-refractivity contribution in [1.82, 2.24) is 19.4 Å². The first-order valence-electron chi connectivity index (χ1n) is 12.3. The number of sulfonamides is 1. The van der Waals surface area contributed by atoms with Crippen LogP contribution in [0, 0.1) is 11.6 Å². The number of nitrogens with one attached hydrogen (secondary N) is 1. The van der Waals surface area contributed by atoms with E-state index in [2.05, 4.69) is 20.0 Å². The van der Waals surface area contributed by atoms with E-state index < -0.39 is 26.6 Å². The third kappa shape index (κ3) is 6.03. The van der Waals surface area contributed by atoms with Crippen molar-refractivity contribution in [1.29, 1.82) is 0 Å². The molecule has 12 heteroatoms. The molecule has 2 heterocycles. The number of aromatic nitrogens is 2. The van der Waals surface area contributed by atoms with Gasteiger partial charge in [-0.25, -0.2) is 17.2 Å². The van der Waals surface area contributed by atoms with Gasteiger partial charge in [0.2, 0.25) is 10.0 Å². The maximum atomic E-state index is 13.7. The Kier molecular flexibility index (Phi) is 8.14. The molecule has 1 aromatic heterocycles. The summed E-state index contributed by atoms with van der Waals surface area (Å²) in [4.78, 5) is 16.9. The number of hydrogen-bond donors (Lipinski definition) is 2. The Balaban J connectivity index is 1.48. The molecule has 0 spiro atoms. The number of H-pyrrole nitrogens is 1. The summed E-state index contributed by atoms with van der Waals surface area (Å²) in [5.74, 6) is -2.19. The van der Waals surface area contributed by atoms with Gasteiger partial charge < -0.3 is 15.5 Å². The predicted octanol–water partition coefficient (Wildman–Crippen LogP) is 2.83. The van der Waals surface area contributed by atoms with Crippen molar-refractivity contribution < 1.29 is 22.0 Å². The van der Waals surface area contributed by atoms with E-state index in [9.17, 15) is 22.0 Å². The van der Waals surface area contributed by atoms with Crippen molar-refractivity contribution in [2.24, 2.45) is 0 Å². The van der Waals surface area contributed by atoms with Crippen molar-refractivity contribution in [2.45, 2.75) is 30.7 Å². The Morgan fingerprint density at radius 1 is 1.11 bits per heavy atom. The largest absolute Gasteiger partial charge is 0.398 e. The highest BCUT2D eigenvalue weighted by molar-refractivity contribution is 7.89. The number of Topliss-reactive ketones (excluding diaryl/α,β-unsaturated/α-hetero) is 1. The fourth-order valence-corrected chi connectivity index (χ4v) is 6.00. The van der Waals surface area contributed by atoms with Crippen LogP contribution in [0.2, 0.25) is 0 Å². The second kappa shape index (κ2) is 11.2. The average Bonchev–Trinajstić information content (AvgIpc) is 3.24. The van der Waals surface area contributed by atoms with Gasteiger partial charge in [0.25, 0.3) is 0 Å². The molecular formula is C26H32F2N6O3S. The summed E-state index contributed by atoms with van der Waals surface area (Å²) in [5, 5.41) is 7.16. The van der Waals surface area contributed by atoms with Crippen molar-refractivity contribution in [3.63, 3.8) is 0 Å². The smallest absolute Gasteiger partial charge is 0.243 e. The molecule has 0 atom stereocenters. The highest BCUT2D eigenvalue weighted by atomic mass is 32.2. The van der Waals surface area contributed by atoms with Crippen LogP contribution in [0.4, 0.5) is 20.2 Å². The molecule has 0 fully saturated rings. The van der Waals surface area contributed by atoms with Gasteiger partial charge in [-0.05, 0) is 57.4 Å². The zero-order valence-electron chi connectivity index (χ0n) is 21.7. The van der Waals surface area contributed by atoms with E-state index in [0.717, 1.165) is 47.3 Å². The van der Waals surface area contributed by atoms with Crippen LogP contribution in [-0.4, -0.2) is 74.4 Å². The van der Waals surface area contributed by atoms with Gasteiger partial charge in [0.05, 0.1) is 17.0 Å². The third-order valence-electron chi connectivity index (χ3n) is 6.66. The number of nitrogen functional groups attached to an aromatic ring is 1. The van der Waals surface area contributed by atoms with E-state index in [1.54, 1.807) is 12.1 Å². The number of nitrogens with two attached hydrogens (primary N) is 1. The van der Waals surface area contributed by atoms with Crippen LogP contribution >= 0.6 is 0 Å². The minimum Gasteiger partial charge on any atom is -0.398 e. The van der Waals surface area contributed by atoms with E-state index in [0.29, 0.717) is 35.0 Å². The molecule has 1 aliphatic heterocycles. The summed E-state index contributed by atoms with van der Waals surface area (Å²) in [6.45, 7) is 1.84. The molecule has 0 unspecified atom stereocenters. The van der Waals surface area contributed by atoms with Gasteiger partial charge in [-0.2, -0.15) is 9.40 Å². The summed E-state index contributed by atoms with van der Waals surface area (Å²) in [6, 6.07) is 7.53. The second-order valence-electron chi connectivity index (χ2n) is 9.77. The number of fused-ring (bicyclic) bond motifs is 1. The number of carbonyl (C=O) groups is 1. The van der Waals surface area contributed by atoms with Crippen LogP contribution in [0.5, 0.6) is 0 Å². The van der Waals surface area contributed by atoms with Gasteiger partial charge in [-0.3, -0.25) is 9.89 Å². The average molecular weight is 547 g/mol. The molecule has 0 radical (unpaired) electrons. The van der Waals surface area contributed by atoms with E-state index in [1.807, 2.05) is 27.2 Å². The molecule has 0 amide bonds. The summed E-state index contributed by atoms with van der Waals surface area (Å²) in [5.41, 5.74) is 9.59. The minimum atomic E-state index is -4.16. The van der Waals surface area contributed by atoms with Gasteiger partial charge in [0.15, 0.2) is 5.78 Å². The van der Waals surface area contributed by atoms with E-state index in [1.165, 1.54) is 0 Å². The molecule has 204 valence electrons. The highest BCUT2D eigenvalue weighted by Gasteiger charge is 2.32. The lowest BCUT2D eigenvalue weighted by Gasteiger charge is -2.26. The van der Waals surface area contributed by atoms with Crippen LogP contribution in [0.25, 0.3) is 0 Å². The Bertz CT molecular complexity index is 1420. The van der Waals surface area contributed by atoms with Gasteiger partial charge in [-0.15, -0.1) is 0 Å². The first-order chi connectivity index (χ1) is 18.0. The normalized spacial score (nSPS) is 14.1. The van der Waals surface area contributed by atoms with Gasteiger partial charge in [0.1, 0.15) is 11.6 Å². The number of nitrogens with zero attached hydrogens (tertiary/aromatic N) is 4. The fraction of sp³-hybridized carbons (Fsp3) is 0.385. The van der Waals surface area contributed by atoms with Crippen molar-refractivity contribution in [2.75, 3.05) is 51.4 Å². The summed E-state index contributed by atoms with van der Waals surface area (Å²) < 4.78 is 54.7. The molecule has 4 rings (SSSR count). The number of hydrogen-bond acceptors (Lipinski definition) is 7. The Hall–Kier alpha value is -3.35. The maximum absolute atomic E-state index is 13.7. The quantitative estimate of drug-likeness (QED) is 0.297. The van der Waals surface area contributed by atoms with Crippen molar-refractivity contribution in [3.8, 4) is 0 Å². The number of aromatic amines is 1. The molecule has 1 aliphatic rings. The molecule has 3 N–H and O–H groups in total. The van der Waals surface area contributed by atoms with Crippen LogP contribution < -0.4 is 10.6 Å². The van der Waals surface area contributed by atoms with Crippen LogP contribution in [0.3, 0.4) is 0 Å². The molecule has 0 saturated heterocycles. The number of halogens is 2. The summed E-state index contributed by atoms with van der Waals surface area (Å²) >= 11 is 0. The van der Waals surface area contributed by atoms with Crippen molar-refractivity contribution in [3.05, 3.63) is 70.5 Å². The number of carbonyl (C=O) groups excluding carboxylic acids is 1. The molecular weight excluding hydrogens is 514 g/mol.